The van der Waals surface area contributed by atoms with Crippen LogP contribution >= 0.6 is 0 Å². The predicted octanol–water partition coefficient (Wildman–Crippen LogP) is 2.86. The molecule has 3 nitrogen and oxygen atoms in total. The maximum Gasteiger partial charge on any atom is 0.238 e. The van der Waals surface area contributed by atoms with Gasteiger partial charge in [0.15, 0.2) is 0 Å². The third-order valence-corrected chi connectivity index (χ3v) is 6.33. The van der Waals surface area contributed by atoms with Gasteiger partial charge in [0.1, 0.15) is 0 Å². The number of carbonyl (C=O) groups excluding carboxylic acids is 2. The smallest absolute Gasteiger partial charge is 0.238 e. The highest BCUT2D eigenvalue weighted by Crippen LogP contribution is 2.65. The summed E-state index contributed by atoms with van der Waals surface area (Å²) in [6.45, 7) is 3.96. The molecule has 5 aliphatic rings. The molecule has 1 aromatic rings. The fourth-order valence-electron chi connectivity index (χ4n) is 5.34. The highest BCUT2D eigenvalue weighted by molar-refractivity contribution is 6.23. The Morgan fingerprint density at radius 2 is 1.41 bits per heavy atom. The molecular weight excluding hydrogens is 274 g/mol. The number of nitrogens with zero attached hydrogens (tertiary/aromatic N) is 1. The maximum atomic E-state index is 13.1. The molecule has 2 saturated carbocycles. The number of aryl methyl sites for hydroxylation is 2. The molecule has 0 unspecified atom stereocenters. The van der Waals surface area contributed by atoms with E-state index < -0.39 is 0 Å². The molecule has 0 radical (unpaired) electrons. The molecule has 3 fully saturated rings. The lowest BCUT2D eigenvalue weighted by atomic mass is 9.63. The van der Waals surface area contributed by atoms with E-state index in [9.17, 15) is 9.59 Å². The minimum atomic E-state index is -0.106. The number of benzene rings is 1. The second-order valence-corrected chi connectivity index (χ2v) is 7.41. The van der Waals surface area contributed by atoms with Crippen LogP contribution in [0.4, 0.5) is 5.69 Å². The monoisotopic (exact) mass is 293 g/mol. The van der Waals surface area contributed by atoms with E-state index in [0.29, 0.717) is 23.7 Å². The van der Waals surface area contributed by atoms with E-state index in [4.69, 9.17) is 0 Å². The number of para-hydroxylation sites is 1. The van der Waals surface area contributed by atoms with Crippen molar-refractivity contribution < 1.29 is 9.59 Å². The van der Waals surface area contributed by atoms with E-state index in [1.807, 2.05) is 32.0 Å². The summed E-state index contributed by atoms with van der Waals surface area (Å²) in [6.07, 6.45) is 5.65. The molecule has 1 heterocycles. The molecule has 0 N–H and O–H groups in total. The van der Waals surface area contributed by atoms with Crippen LogP contribution in [-0.2, 0) is 9.59 Å². The molecule has 22 heavy (non-hydrogen) atoms. The third kappa shape index (κ3) is 1.33. The van der Waals surface area contributed by atoms with Gasteiger partial charge in [0, 0.05) is 0 Å². The molecule has 112 valence electrons. The van der Waals surface area contributed by atoms with Gasteiger partial charge in [-0.15, -0.1) is 0 Å². The number of allylic oxidation sites excluding steroid dienone is 2. The van der Waals surface area contributed by atoms with Gasteiger partial charge in [0.25, 0.3) is 0 Å². The highest BCUT2D eigenvalue weighted by Gasteiger charge is 2.67. The first-order valence-electron chi connectivity index (χ1n) is 8.22. The Bertz CT molecular complexity index is 694. The number of imide groups is 1. The zero-order valence-corrected chi connectivity index (χ0v) is 12.8. The van der Waals surface area contributed by atoms with E-state index in [0.717, 1.165) is 16.8 Å². The lowest BCUT2D eigenvalue weighted by molar-refractivity contribution is -0.124. The Morgan fingerprint density at radius 3 is 1.91 bits per heavy atom. The first kappa shape index (κ1) is 12.6. The fourth-order valence-corrected chi connectivity index (χ4v) is 5.34. The van der Waals surface area contributed by atoms with Gasteiger partial charge >= 0.3 is 0 Å². The van der Waals surface area contributed by atoms with Crippen LogP contribution in [0.25, 0.3) is 0 Å². The minimum Gasteiger partial charge on any atom is -0.274 e. The van der Waals surface area contributed by atoms with Crippen LogP contribution in [0.5, 0.6) is 0 Å². The molecule has 1 aromatic carbocycles. The molecule has 6 rings (SSSR count). The summed E-state index contributed by atoms with van der Waals surface area (Å²) in [5, 5.41) is 0. The van der Waals surface area contributed by atoms with Gasteiger partial charge in [-0.25, -0.2) is 4.90 Å². The summed E-state index contributed by atoms with van der Waals surface area (Å²) < 4.78 is 0. The van der Waals surface area contributed by atoms with Gasteiger partial charge in [0.05, 0.1) is 17.5 Å². The van der Waals surface area contributed by atoms with Crippen molar-refractivity contribution in [2.75, 3.05) is 4.90 Å². The van der Waals surface area contributed by atoms with Crippen LogP contribution in [0.15, 0.2) is 30.4 Å². The van der Waals surface area contributed by atoms with Crippen LogP contribution < -0.4 is 4.90 Å². The normalized spacial score (nSPS) is 40.9. The molecule has 4 aliphatic carbocycles. The van der Waals surface area contributed by atoms with Gasteiger partial charge in [-0.2, -0.15) is 0 Å². The molecule has 0 spiro atoms. The van der Waals surface area contributed by atoms with Crippen molar-refractivity contribution in [3.8, 4) is 0 Å². The highest BCUT2D eigenvalue weighted by atomic mass is 16.2. The predicted molar refractivity (Wildman–Crippen MR) is 83.1 cm³/mol. The van der Waals surface area contributed by atoms with Crippen LogP contribution in [-0.4, -0.2) is 11.8 Å². The average Bonchev–Trinajstić information content (AvgIpc) is 3.27. The van der Waals surface area contributed by atoms with Crippen molar-refractivity contribution in [3.63, 3.8) is 0 Å². The summed E-state index contributed by atoms with van der Waals surface area (Å²) in [7, 11) is 0. The van der Waals surface area contributed by atoms with Crippen molar-refractivity contribution in [3.05, 3.63) is 41.5 Å². The first-order valence-corrected chi connectivity index (χ1v) is 8.22. The van der Waals surface area contributed by atoms with Crippen molar-refractivity contribution in [2.24, 2.45) is 35.5 Å². The van der Waals surface area contributed by atoms with Gasteiger partial charge in [-0.3, -0.25) is 9.59 Å². The second-order valence-electron chi connectivity index (χ2n) is 7.41. The molecule has 3 heteroatoms. The van der Waals surface area contributed by atoms with Crippen LogP contribution in [0.3, 0.4) is 0 Å². The zero-order chi connectivity index (χ0) is 15.2. The Balaban J connectivity index is 1.64. The third-order valence-electron chi connectivity index (χ3n) is 6.33. The second kappa shape index (κ2) is 3.89. The van der Waals surface area contributed by atoms with E-state index in [1.54, 1.807) is 0 Å². The Kier molecular flexibility index (Phi) is 2.23. The molecule has 2 bridgehead atoms. The number of hydrogen-bond donors (Lipinski definition) is 0. The molecular formula is C19H19NO2. The van der Waals surface area contributed by atoms with Gasteiger partial charge in [0.2, 0.25) is 11.8 Å². The van der Waals surface area contributed by atoms with Crippen LogP contribution in [0.2, 0.25) is 0 Å². The van der Waals surface area contributed by atoms with Crippen molar-refractivity contribution in [2.45, 2.75) is 20.3 Å². The molecule has 6 atom stereocenters. The summed E-state index contributed by atoms with van der Waals surface area (Å²) in [5.41, 5.74) is 2.83. The molecule has 2 amide bonds. The lowest BCUT2D eigenvalue weighted by Gasteiger charge is -2.37. The van der Waals surface area contributed by atoms with Gasteiger partial charge < -0.3 is 0 Å². The quantitative estimate of drug-likeness (QED) is 0.590. The molecule has 1 saturated heterocycles. The Morgan fingerprint density at radius 1 is 0.909 bits per heavy atom. The van der Waals surface area contributed by atoms with E-state index >= 15 is 0 Å². The average molecular weight is 293 g/mol. The van der Waals surface area contributed by atoms with E-state index in [2.05, 4.69) is 12.2 Å². The van der Waals surface area contributed by atoms with E-state index in [1.165, 1.54) is 11.3 Å². The largest absolute Gasteiger partial charge is 0.274 e. The van der Waals surface area contributed by atoms with Crippen molar-refractivity contribution in [1.82, 2.24) is 0 Å². The molecule has 0 aromatic heterocycles. The van der Waals surface area contributed by atoms with E-state index in [-0.39, 0.29) is 23.7 Å². The van der Waals surface area contributed by atoms with Crippen LogP contribution in [0.1, 0.15) is 17.5 Å². The van der Waals surface area contributed by atoms with Gasteiger partial charge in [-0.05, 0) is 55.1 Å². The number of carbonyl (C=O) groups is 2. The summed E-state index contributed by atoms with van der Waals surface area (Å²) in [6, 6.07) is 5.94. The summed E-state index contributed by atoms with van der Waals surface area (Å²) in [5.74, 6) is 1.78. The van der Waals surface area contributed by atoms with Crippen molar-refractivity contribution >= 4 is 17.5 Å². The van der Waals surface area contributed by atoms with Gasteiger partial charge in [-0.1, -0.05) is 30.4 Å². The first-order chi connectivity index (χ1) is 10.6. The SMILES string of the molecule is Cc1cccc(C)c1N1C(=O)[C@@H]2[C@@H]3C=C[C@@H]([C@H]4C[C@@H]34)[C@@H]2C1=O. The number of anilines is 1. The van der Waals surface area contributed by atoms with Crippen molar-refractivity contribution in [1.29, 1.82) is 0 Å². The topological polar surface area (TPSA) is 37.4 Å². The molecule has 1 aliphatic heterocycles. The lowest BCUT2D eigenvalue weighted by Crippen LogP contribution is -2.40. The number of amides is 2. The van der Waals surface area contributed by atoms with Crippen LogP contribution in [0, 0.1) is 49.4 Å². The standard InChI is InChI=1S/C19H19NO2/c1-9-4-3-5-10(2)17(9)20-18(21)15-11-6-7-12(14-8-13(11)14)16(15)19(20)22/h3-7,11-16H,8H2,1-2H3/t11-,12+,13+,14-,15-,16+. The number of rotatable bonds is 1. The fraction of sp³-hybridized carbons (Fsp3) is 0.474. The Hall–Kier alpha value is -1.90. The zero-order valence-electron chi connectivity index (χ0n) is 12.8. The summed E-state index contributed by atoms with van der Waals surface area (Å²) >= 11 is 0. The number of hydrogen-bond acceptors (Lipinski definition) is 2. The summed E-state index contributed by atoms with van der Waals surface area (Å²) in [4.78, 5) is 27.7. The Labute approximate surface area is 130 Å². The maximum absolute atomic E-state index is 13.1. The minimum absolute atomic E-state index is 0.0390.